The van der Waals surface area contributed by atoms with Gasteiger partial charge in [0.15, 0.2) is 0 Å². The maximum absolute atomic E-state index is 5.85. The number of hydrogen-bond acceptors (Lipinski definition) is 4. The molecule has 17 heavy (non-hydrogen) atoms. The number of nitrogens with zero attached hydrogens (tertiary/aromatic N) is 1. The van der Waals surface area contributed by atoms with Gasteiger partial charge in [0.25, 0.3) is 0 Å². The number of fused-ring (bicyclic) bond motifs is 2. The van der Waals surface area contributed by atoms with Crippen molar-refractivity contribution in [3.63, 3.8) is 0 Å². The lowest BCUT2D eigenvalue weighted by Crippen LogP contribution is -2.49. The third-order valence-corrected chi connectivity index (χ3v) is 4.38. The highest BCUT2D eigenvalue weighted by Gasteiger charge is 2.40. The highest BCUT2D eigenvalue weighted by molar-refractivity contribution is 4.94. The molecule has 0 radical (unpaired) electrons. The van der Waals surface area contributed by atoms with Gasteiger partial charge >= 0.3 is 0 Å². The predicted octanol–water partition coefficient (Wildman–Crippen LogP) is 0.617. The van der Waals surface area contributed by atoms with Gasteiger partial charge in [-0.15, -0.1) is 0 Å². The van der Waals surface area contributed by atoms with E-state index in [-0.39, 0.29) is 0 Å². The summed E-state index contributed by atoms with van der Waals surface area (Å²) in [5, 5.41) is 3.65. The van der Waals surface area contributed by atoms with E-state index in [1.54, 1.807) is 0 Å². The summed E-state index contributed by atoms with van der Waals surface area (Å²) in [7, 11) is 0. The number of morpholine rings is 1. The van der Waals surface area contributed by atoms with Crippen LogP contribution in [0.5, 0.6) is 0 Å². The number of likely N-dealkylation sites (N-methyl/N-ethyl adjacent to an activating group) is 1. The Hall–Kier alpha value is -0.160. The van der Waals surface area contributed by atoms with E-state index in [2.05, 4.69) is 17.1 Å². The van der Waals surface area contributed by atoms with Crippen LogP contribution < -0.4 is 5.32 Å². The lowest BCUT2D eigenvalue weighted by Gasteiger charge is -2.33. The fourth-order valence-electron chi connectivity index (χ4n) is 3.33. The van der Waals surface area contributed by atoms with Crippen LogP contribution in [-0.4, -0.2) is 62.0 Å². The van der Waals surface area contributed by atoms with Crippen LogP contribution in [0.3, 0.4) is 0 Å². The molecule has 3 rings (SSSR count). The van der Waals surface area contributed by atoms with Crippen molar-refractivity contribution in [1.82, 2.24) is 10.2 Å². The highest BCUT2D eigenvalue weighted by atomic mass is 16.5. The molecule has 1 N–H and O–H groups in total. The summed E-state index contributed by atoms with van der Waals surface area (Å²) < 4.78 is 11.7. The number of nitrogens with one attached hydrogen (secondary N) is 1. The van der Waals surface area contributed by atoms with Gasteiger partial charge in [-0.1, -0.05) is 6.92 Å². The molecule has 0 amide bonds. The quantitative estimate of drug-likeness (QED) is 0.781. The SMILES string of the molecule is CCN1CCOC(CNC2CC3CCC2O3)C1. The van der Waals surface area contributed by atoms with Gasteiger partial charge in [0.1, 0.15) is 0 Å². The fraction of sp³-hybridized carbons (Fsp3) is 1.00. The second-order valence-electron chi connectivity index (χ2n) is 5.51. The van der Waals surface area contributed by atoms with Gasteiger partial charge in [0, 0.05) is 25.7 Å². The van der Waals surface area contributed by atoms with E-state index in [0.29, 0.717) is 24.4 Å². The van der Waals surface area contributed by atoms with Gasteiger partial charge in [-0.2, -0.15) is 0 Å². The molecule has 4 heteroatoms. The van der Waals surface area contributed by atoms with Gasteiger partial charge in [-0.25, -0.2) is 0 Å². The third-order valence-electron chi connectivity index (χ3n) is 4.38. The summed E-state index contributed by atoms with van der Waals surface area (Å²) in [6.45, 7) is 7.38. The van der Waals surface area contributed by atoms with Crippen molar-refractivity contribution in [2.45, 2.75) is 50.5 Å². The predicted molar refractivity (Wildman–Crippen MR) is 66.2 cm³/mol. The Kier molecular flexibility index (Phi) is 3.66. The molecule has 2 bridgehead atoms. The van der Waals surface area contributed by atoms with E-state index >= 15 is 0 Å². The molecule has 3 aliphatic heterocycles. The zero-order valence-electron chi connectivity index (χ0n) is 10.7. The van der Waals surface area contributed by atoms with Gasteiger partial charge in [0.2, 0.25) is 0 Å². The molecule has 0 aromatic carbocycles. The smallest absolute Gasteiger partial charge is 0.0826 e. The van der Waals surface area contributed by atoms with Crippen molar-refractivity contribution in [2.24, 2.45) is 0 Å². The van der Waals surface area contributed by atoms with E-state index in [1.807, 2.05) is 0 Å². The molecule has 3 heterocycles. The minimum atomic E-state index is 0.364. The van der Waals surface area contributed by atoms with Crippen molar-refractivity contribution in [2.75, 3.05) is 32.8 Å². The Balaban J connectivity index is 1.42. The van der Waals surface area contributed by atoms with E-state index in [1.165, 1.54) is 19.3 Å². The number of rotatable bonds is 4. The van der Waals surface area contributed by atoms with Crippen LogP contribution in [-0.2, 0) is 9.47 Å². The molecular weight excluding hydrogens is 216 g/mol. The molecule has 98 valence electrons. The van der Waals surface area contributed by atoms with Crippen LogP contribution in [0.2, 0.25) is 0 Å². The first kappa shape index (κ1) is 11.9. The molecule has 3 saturated heterocycles. The maximum atomic E-state index is 5.85. The van der Waals surface area contributed by atoms with Crippen molar-refractivity contribution in [3.05, 3.63) is 0 Å². The molecule has 3 aliphatic rings. The first-order valence-electron chi connectivity index (χ1n) is 7.08. The summed E-state index contributed by atoms with van der Waals surface area (Å²) in [4.78, 5) is 2.47. The lowest BCUT2D eigenvalue weighted by molar-refractivity contribution is -0.0272. The van der Waals surface area contributed by atoms with E-state index in [0.717, 1.165) is 32.8 Å². The molecule has 0 aliphatic carbocycles. The fourth-order valence-corrected chi connectivity index (χ4v) is 3.33. The van der Waals surface area contributed by atoms with Crippen molar-refractivity contribution in [3.8, 4) is 0 Å². The molecule has 0 aromatic rings. The van der Waals surface area contributed by atoms with E-state index < -0.39 is 0 Å². The van der Waals surface area contributed by atoms with Gasteiger partial charge in [0.05, 0.1) is 24.9 Å². The van der Waals surface area contributed by atoms with E-state index in [9.17, 15) is 0 Å². The monoisotopic (exact) mass is 240 g/mol. The minimum absolute atomic E-state index is 0.364. The molecule has 0 saturated carbocycles. The second-order valence-corrected chi connectivity index (χ2v) is 5.51. The van der Waals surface area contributed by atoms with Crippen molar-refractivity contribution >= 4 is 0 Å². The van der Waals surface area contributed by atoms with Gasteiger partial charge in [-0.05, 0) is 25.8 Å². The molecule has 4 nitrogen and oxygen atoms in total. The molecule has 3 fully saturated rings. The zero-order chi connectivity index (χ0) is 11.7. The van der Waals surface area contributed by atoms with E-state index in [4.69, 9.17) is 9.47 Å². The van der Waals surface area contributed by atoms with Crippen LogP contribution in [0.4, 0.5) is 0 Å². The van der Waals surface area contributed by atoms with Crippen molar-refractivity contribution in [1.29, 1.82) is 0 Å². The number of hydrogen-bond donors (Lipinski definition) is 1. The van der Waals surface area contributed by atoms with Crippen LogP contribution in [0.1, 0.15) is 26.2 Å². The van der Waals surface area contributed by atoms with Crippen LogP contribution in [0.15, 0.2) is 0 Å². The summed E-state index contributed by atoms with van der Waals surface area (Å²) >= 11 is 0. The lowest BCUT2D eigenvalue weighted by atomic mass is 9.95. The first-order chi connectivity index (χ1) is 8.35. The summed E-state index contributed by atoms with van der Waals surface area (Å²) in [6.07, 6.45) is 5.10. The Morgan fingerprint density at radius 1 is 1.35 bits per heavy atom. The highest BCUT2D eigenvalue weighted by Crippen LogP contribution is 2.34. The van der Waals surface area contributed by atoms with Gasteiger partial charge in [-0.3, -0.25) is 4.90 Å². The van der Waals surface area contributed by atoms with Gasteiger partial charge < -0.3 is 14.8 Å². The third kappa shape index (κ3) is 2.65. The maximum Gasteiger partial charge on any atom is 0.0826 e. The molecule has 0 spiro atoms. The second kappa shape index (κ2) is 5.22. The van der Waals surface area contributed by atoms with Crippen molar-refractivity contribution < 1.29 is 9.47 Å². The molecular formula is C13H24N2O2. The number of ether oxygens (including phenoxy) is 2. The Bertz CT molecular complexity index is 262. The normalized spacial score (nSPS) is 42.2. The Morgan fingerprint density at radius 3 is 3.00 bits per heavy atom. The summed E-state index contributed by atoms with van der Waals surface area (Å²) in [5.41, 5.74) is 0. The summed E-state index contributed by atoms with van der Waals surface area (Å²) in [5.74, 6) is 0. The largest absolute Gasteiger partial charge is 0.374 e. The Morgan fingerprint density at radius 2 is 2.29 bits per heavy atom. The Labute approximate surface area is 104 Å². The zero-order valence-corrected chi connectivity index (χ0v) is 10.7. The topological polar surface area (TPSA) is 33.7 Å². The average Bonchev–Trinajstić information content (AvgIpc) is 2.99. The molecule has 0 aromatic heterocycles. The van der Waals surface area contributed by atoms with Crippen LogP contribution in [0, 0.1) is 0 Å². The minimum Gasteiger partial charge on any atom is -0.374 e. The summed E-state index contributed by atoms with van der Waals surface area (Å²) in [6, 6.07) is 0.578. The van der Waals surface area contributed by atoms with Crippen LogP contribution >= 0.6 is 0 Å². The first-order valence-corrected chi connectivity index (χ1v) is 7.08. The van der Waals surface area contributed by atoms with Crippen LogP contribution in [0.25, 0.3) is 0 Å². The average molecular weight is 240 g/mol. The molecule has 4 atom stereocenters. The molecule has 4 unspecified atom stereocenters. The standard InChI is InChI=1S/C13H24N2O2/c1-2-15-5-6-16-11(9-15)8-14-12-7-10-3-4-13(12)17-10/h10-14H,2-9H2,1H3.